The number of terminal acetylenes is 1. The molecule has 15 nitrogen and oxygen atoms in total. The van der Waals surface area contributed by atoms with Gasteiger partial charge in [-0.15, -0.1) is 12.8 Å². The van der Waals surface area contributed by atoms with Gasteiger partial charge in [0.25, 0.3) is 11.8 Å². The number of anilines is 1. The molecule has 0 spiro atoms. The van der Waals surface area contributed by atoms with Crippen LogP contribution in [0.2, 0.25) is 0 Å². The van der Waals surface area contributed by atoms with E-state index in [0.717, 1.165) is 35.3 Å². The first-order valence-corrected chi connectivity index (χ1v) is 18.3. The van der Waals surface area contributed by atoms with Crippen molar-refractivity contribution < 1.29 is 38.3 Å². The van der Waals surface area contributed by atoms with Crippen LogP contribution in [0.15, 0.2) is 30.4 Å². The Hall–Kier alpha value is -5.17. The Balaban J connectivity index is 0.00000375. The Morgan fingerprint density at radius 2 is 1.63 bits per heavy atom. The highest BCUT2D eigenvalue weighted by Gasteiger charge is 2.28. The van der Waals surface area contributed by atoms with E-state index in [1.807, 2.05) is 13.8 Å². The highest BCUT2D eigenvalue weighted by Crippen LogP contribution is 2.29. The first kappa shape index (κ1) is 48.8. The zero-order valence-corrected chi connectivity index (χ0v) is 32.4. The smallest absolute Gasteiger partial charge is 0.312 e. The lowest BCUT2D eigenvalue weighted by Gasteiger charge is -2.29. The summed E-state index contributed by atoms with van der Waals surface area (Å²) < 4.78 is 5.31. The third kappa shape index (κ3) is 18.5. The monoisotopic (exact) mass is 751 g/mol. The lowest BCUT2D eigenvalue weighted by Crippen LogP contribution is -2.47. The molecular weight excluding hydrogens is 693 g/mol. The average molecular weight is 752 g/mol. The zero-order chi connectivity index (χ0) is 41.1. The fraction of sp³-hybridized carbons (Fsp3) is 0.553. The van der Waals surface area contributed by atoms with Gasteiger partial charge in [0.1, 0.15) is 6.04 Å². The van der Waals surface area contributed by atoms with Gasteiger partial charge in [-0.2, -0.15) is 0 Å². The number of ether oxygens (including phenoxy) is 1. The fourth-order valence-electron chi connectivity index (χ4n) is 4.95. The summed E-state index contributed by atoms with van der Waals surface area (Å²) in [6, 6.07) is 3.48. The van der Waals surface area contributed by atoms with Crippen LogP contribution in [-0.4, -0.2) is 105 Å². The molecule has 0 unspecified atom stereocenters. The first-order chi connectivity index (χ1) is 25.9. The SMILES string of the molecule is C#C.CC.CCC.[B]Cc1ccc(NC(=O)[C@H](CCCNC(N)=O)NC(=O)CNC(=O)CCOCCN2C(=O)C=CC2=O)cc1CN(C)C(=O)C1CCC1. The van der Waals surface area contributed by atoms with Crippen LogP contribution < -0.4 is 27.0 Å². The molecule has 16 heteroatoms. The van der Waals surface area contributed by atoms with E-state index in [-0.39, 0.29) is 57.3 Å². The van der Waals surface area contributed by atoms with E-state index in [1.165, 1.54) is 18.6 Å². The predicted octanol–water partition coefficient (Wildman–Crippen LogP) is 2.13. The lowest BCUT2D eigenvalue weighted by atomic mass is 9.84. The highest BCUT2D eigenvalue weighted by molar-refractivity contribution is 6.12. The predicted molar refractivity (Wildman–Crippen MR) is 209 cm³/mol. The minimum absolute atomic E-state index is 0.00443. The number of carbonyl (C=O) groups excluding carboxylic acids is 7. The van der Waals surface area contributed by atoms with E-state index in [2.05, 4.69) is 48.0 Å². The molecule has 1 aliphatic heterocycles. The summed E-state index contributed by atoms with van der Waals surface area (Å²) in [6.07, 6.45) is 15.1. The number of primary amides is 1. The van der Waals surface area contributed by atoms with Crippen LogP contribution in [0.4, 0.5) is 10.5 Å². The molecule has 6 N–H and O–H groups in total. The standard InChI is InChI=1S/C31H42BN7O8.C3H8.C2H6.C2H2/c1-38(30(45)20-4-2-5-20)19-22-16-23(8-7-21(22)17-32)36-29(44)24(6-3-12-34-31(33)46)37-26(41)18-35-25(40)11-14-47-15-13-39-27(42)9-10-28(39)43;1-3-2;2*1-2/h7-10,16,20,24H,2-6,11-15,17-19H2,1H3,(H,35,40)(H,36,44)(H,37,41)(H3,33,34,46);3H2,1-2H3;1-2H3;1-2H/t24-;;;/m0.../s1. The van der Waals surface area contributed by atoms with E-state index in [1.54, 1.807) is 30.1 Å². The van der Waals surface area contributed by atoms with Crippen LogP contribution in [0, 0.1) is 18.8 Å². The normalized spacial score (nSPS) is 13.3. The summed E-state index contributed by atoms with van der Waals surface area (Å²) in [5.41, 5.74) is 7.18. The maximum atomic E-state index is 13.3. The Labute approximate surface area is 321 Å². The molecule has 1 aliphatic carbocycles. The Morgan fingerprint density at radius 3 is 2.19 bits per heavy atom. The lowest BCUT2D eigenvalue weighted by molar-refractivity contribution is -0.138. The second kappa shape index (κ2) is 28.4. The van der Waals surface area contributed by atoms with Crippen LogP contribution in [0.5, 0.6) is 0 Å². The summed E-state index contributed by atoms with van der Waals surface area (Å²) >= 11 is 0. The van der Waals surface area contributed by atoms with Gasteiger partial charge >= 0.3 is 6.03 Å². The number of hydrogen-bond donors (Lipinski definition) is 5. The second-order valence-electron chi connectivity index (χ2n) is 12.1. The summed E-state index contributed by atoms with van der Waals surface area (Å²) in [4.78, 5) is 87.7. The van der Waals surface area contributed by atoms with Crippen LogP contribution >= 0.6 is 0 Å². The van der Waals surface area contributed by atoms with Crippen molar-refractivity contribution in [1.29, 1.82) is 0 Å². The Bertz CT molecular complexity index is 1410. The molecule has 296 valence electrons. The molecule has 1 aromatic rings. The number of amides is 8. The fourth-order valence-corrected chi connectivity index (χ4v) is 4.95. The molecule has 1 heterocycles. The van der Waals surface area contributed by atoms with Crippen molar-refractivity contribution in [1.82, 2.24) is 25.8 Å². The Kier molecular flexibility index (Phi) is 25.6. The summed E-state index contributed by atoms with van der Waals surface area (Å²) in [5, 5.41) is 10.3. The van der Waals surface area contributed by atoms with Crippen molar-refractivity contribution in [2.75, 3.05) is 45.2 Å². The highest BCUT2D eigenvalue weighted by atomic mass is 16.5. The second-order valence-corrected chi connectivity index (χ2v) is 12.1. The van der Waals surface area contributed by atoms with Crippen LogP contribution in [0.25, 0.3) is 0 Å². The molecule has 8 amide bonds. The molecular formula is C38H58BN7O8. The minimum Gasteiger partial charge on any atom is -0.379 e. The number of nitrogens with two attached hydrogens (primary N) is 1. The van der Waals surface area contributed by atoms with Gasteiger partial charge in [0.15, 0.2) is 0 Å². The van der Waals surface area contributed by atoms with E-state index < -0.39 is 48.2 Å². The maximum absolute atomic E-state index is 13.3. The van der Waals surface area contributed by atoms with Crippen molar-refractivity contribution in [2.45, 2.75) is 91.5 Å². The molecule has 2 radical (unpaired) electrons. The quantitative estimate of drug-likeness (QED) is 0.0611. The minimum atomic E-state index is -1.01. The van der Waals surface area contributed by atoms with Gasteiger partial charge in [-0.05, 0) is 43.4 Å². The van der Waals surface area contributed by atoms with Gasteiger partial charge in [-0.25, -0.2) is 4.79 Å². The topological polar surface area (TPSA) is 209 Å². The summed E-state index contributed by atoms with van der Waals surface area (Å²) in [7, 11) is 7.67. The molecule has 54 heavy (non-hydrogen) atoms. The molecule has 0 bridgehead atoms. The number of benzene rings is 1. The number of nitrogens with one attached hydrogen (secondary N) is 4. The molecule has 0 saturated heterocycles. The summed E-state index contributed by atoms with van der Waals surface area (Å²) in [6.45, 7) is 8.47. The van der Waals surface area contributed by atoms with Gasteiger partial charge < -0.3 is 36.6 Å². The first-order valence-electron chi connectivity index (χ1n) is 18.3. The third-order valence-electron chi connectivity index (χ3n) is 7.83. The molecule has 1 aromatic carbocycles. The van der Waals surface area contributed by atoms with Crippen LogP contribution in [0.3, 0.4) is 0 Å². The van der Waals surface area contributed by atoms with Crippen molar-refractivity contribution in [3.05, 3.63) is 41.5 Å². The maximum Gasteiger partial charge on any atom is 0.312 e. The average Bonchev–Trinajstić information content (AvgIpc) is 3.45. The Morgan fingerprint density at radius 1 is 1.00 bits per heavy atom. The van der Waals surface area contributed by atoms with Gasteiger partial charge in [-0.3, -0.25) is 33.7 Å². The molecule has 1 fully saturated rings. The van der Waals surface area contributed by atoms with Crippen molar-refractivity contribution >= 4 is 55.0 Å². The molecule has 1 saturated carbocycles. The van der Waals surface area contributed by atoms with Gasteiger partial charge in [0.05, 0.1) is 34.1 Å². The van der Waals surface area contributed by atoms with Crippen molar-refractivity contribution in [3.8, 4) is 12.8 Å². The molecule has 1 atom stereocenters. The number of hydrogen-bond acceptors (Lipinski definition) is 8. The van der Waals surface area contributed by atoms with E-state index in [4.69, 9.17) is 18.3 Å². The van der Waals surface area contributed by atoms with Gasteiger partial charge in [-0.1, -0.05) is 58.5 Å². The number of carbonyl (C=O) groups is 7. The zero-order valence-electron chi connectivity index (χ0n) is 32.4. The van der Waals surface area contributed by atoms with Gasteiger partial charge in [0.2, 0.25) is 23.6 Å². The number of nitrogens with zero attached hydrogens (tertiary/aromatic N) is 2. The summed E-state index contributed by atoms with van der Waals surface area (Å²) in [5.74, 6) is -2.34. The van der Waals surface area contributed by atoms with Crippen molar-refractivity contribution in [3.63, 3.8) is 0 Å². The van der Waals surface area contributed by atoms with Gasteiger partial charge in [0, 0.05) is 50.3 Å². The van der Waals surface area contributed by atoms with E-state index in [0.29, 0.717) is 18.7 Å². The third-order valence-corrected chi connectivity index (χ3v) is 7.83. The van der Waals surface area contributed by atoms with Crippen molar-refractivity contribution in [2.24, 2.45) is 11.7 Å². The largest absolute Gasteiger partial charge is 0.379 e. The van der Waals surface area contributed by atoms with E-state index >= 15 is 0 Å². The number of urea groups is 1. The van der Waals surface area contributed by atoms with E-state index in [9.17, 15) is 33.6 Å². The molecule has 3 rings (SSSR count). The number of imide groups is 1. The molecule has 2 aliphatic rings. The van der Waals surface area contributed by atoms with Crippen LogP contribution in [-0.2, 0) is 46.4 Å². The van der Waals surface area contributed by atoms with Crippen LogP contribution in [0.1, 0.15) is 83.8 Å². The molecule has 0 aromatic heterocycles. The number of rotatable bonds is 19.